The maximum atomic E-state index is 12.0. The third-order valence-corrected chi connectivity index (χ3v) is 3.76. The maximum Gasteiger partial charge on any atom is 0.224 e. The van der Waals surface area contributed by atoms with Crippen LogP contribution in [0.3, 0.4) is 0 Å². The average Bonchev–Trinajstić information content (AvgIpc) is 3.03. The van der Waals surface area contributed by atoms with Crippen molar-refractivity contribution in [3.8, 4) is 5.75 Å². The van der Waals surface area contributed by atoms with Crippen molar-refractivity contribution in [1.82, 2.24) is 5.32 Å². The van der Waals surface area contributed by atoms with Gasteiger partial charge in [0.15, 0.2) is 0 Å². The zero-order valence-electron chi connectivity index (χ0n) is 13.8. The second-order valence-electron chi connectivity index (χ2n) is 5.62. The molecule has 0 aliphatic heterocycles. The molecule has 1 unspecified atom stereocenters. The van der Waals surface area contributed by atoms with Crippen LogP contribution in [0.5, 0.6) is 5.75 Å². The third-order valence-electron chi connectivity index (χ3n) is 3.76. The molecule has 5 heteroatoms. The van der Waals surface area contributed by atoms with Crippen LogP contribution in [-0.4, -0.2) is 24.2 Å². The lowest BCUT2D eigenvalue weighted by atomic mass is 10.1. The molecule has 1 aromatic carbocycles. The van der Waals surface area contributed by atoms with E-state index in [-0.39, 0.29) is 25.5 Å². The van der Waals surface area contributed by atoms with E-state index in [4.69, 9.17) is 9.15 Å². The summed E-state index contributed by atoms with van der Waals surface area (Å²) in [7, 11) is 0. The van der Waals surface area contributed by atoms with Gasteiger partial charge >= 0.3 is 0 Å². The van der Waals surface area contributed by atoms with E-state index in [1.807, 2.05) is 26.8 Å². The van der Waals surface area contributed by atoms with Gasteiger partial charge in [0.1, 0.15) is 17.6 Å². The van der Waals surface area contributed by atoms with E-state index in [1.165, 1.54) is 11.8 Å². The Morgan fingerprint density at radius 3 is 2.78 bits per heavy atom. The minimum Gasteiger partial charge on any atom is -0.493 e. The lowest BCUT2D eigenvalue weighted by Gasteiger charge is -2.15. The van der Waals surface area contributed by atoms with Crippen LogP contribution in [0.4, 0.5) is 0 Å². The fourth-order valence-corrected chi connectivity index (χ4v) is 2.37. The number of carbonyl (C=O) groups excluding carboxylic acids is 1. The average molecular weight is 317 g/mol. The Labute approximate surface area is 136 Å². The molecule has 0 aliphatic carbocycles. The topological polar surface area (TPSA) is 71.7 Å². The summed E-state index contributed by atoms with van der Waals surface area (Å²) in [6.45, 7) is 6.13. The van der Waals surface area contributed by atoms with E-state index >= 15 is 0 Å². The molecule has 1 atom stereocenters. The number of rotatable bonds is 7. The molecule has 2 aromatic rings. The lowest BCUT2D eigenvalue weighted by Crippen LogP contribution is -2.31. The monoisotopic (exact) mass is 317 g/mol. The molecule has 0 aliphatic rings. The first kappa shape index (κ1) is 17.1. The summed E-state index contributed by atoms with van der Waals surface area (Å²) in [6.07, 6.45) is 1.72. The molecule has 1 heterocycles. The van der Waals surface area contributed by atoms with Gasteiger partial charge in [-0.3, -0.25) is 4.79 Å². The highest BCUT2D eigenvalue weighted by molar-refractivity contribution is 5.76. The minimum absolute atomic E-state index is 0.192. The molecule has 5 nitrogen and oxygen atoms in total. The highest BCUT2D eigenvalue weighted by Crippen LogP contribution is 2.23. The van der Waals surface area contributed by atoms with Crippen molar-refractivity contribution in [2.45, 2.75) is 33.2 Å². The van der Waals surface area contributed by atoms with Gasteiger partial charge in [0.05, 0.1) is 25.9 Å². The van der Waals surface area contributed by atoms with Crippen molar-refractivity contribution in [3.63, 3.8) is 0 Å². The molecule has 0 fully saturated rings. The molecule has 2 N–H and O–H groups in total. The fourth-order valence-electron chi connectivity index (χ4n) is 2.37. The van der Waals surface area contributed by atoms with Gasteiger partial charge in [-0.15, -0.1) is 0 Å². The Bertz CT molecular complexity index is 649. The second-order valence-corrected chi connectivity index (χ2v) is 5.62. The number of aryl methyl sites for hydroxylation is 2. The van der Waals surface area contributed by atoms with Crippen LogP contribution in [-0.2, 0) is 4.79 Å². The zero-order valence-corrected chi connectivity index (χ0v) is 13.8. The van der Waals surface area contributed by atoms with Gasteiger partial charge in [-0.1, -0.05) is 6.07 Å². The summed E-state index contributed by atoms with van der Waals surface area (Å²) in [4.78, 5) is 12.0. The SMILES string of the molecule is Cc1cc(C)c(C)c(OCCC(=O)NC(CO)c2ccco2)c1. The zero-order chi connectivity index (χ0) is 16.8. The molecule has 2 rings (SSSR count). The Balaban J connectivity index is 1.85. The molecule has 0 saturated heterocycles. The summed E-state index contributed by atoms with van der Waals surface area (Å²) in [6, 6.07) is 6.98. The number of benzene rings is 1. The third kappa shape index (κ3) is 4.60. The van der Waals surface area contributed by atoms with E-state index in [2.05, 4.69) is 11.4 Å². The molecular weight excluding hydrogens is 294 g/mol. The highest BCUT2D eigenvalue weighted by atomic mass is 16.5. The van der Waals surface area contributed by atoms with Gasteiger partial charge in [0.2, 0.25) is 5.91 Å². The van der Waals surface area contributed by atoms with Gasteiger partial charge in [-0.2, -0.15) is 0 Å². The van der Waals surface area contributed by atoms with Crippen LogP contribution < -0.4 is 10.1 Å². The number of hydrogen-bond acceptors (Lipinski definition) is 4. The number of carbonyl (C=O) groups is 1. The normalized spacial score (nSPS) is 12.0. The number of aliphatic hydroxyl groups is 1. The summed E-state index contributed by atoms with van der Waals surface area (Å²) in [5.41, 5.74) is 3.38. The Morgan fingerprint density at radius 2 is 2.13 bits per heavy atom. The molecule has 1 aromatic heterocycles. The summed E-state index contributed by atoms with van der Waals surface area (Å²) < 4.78 is 10.9. The van der Waals surface area contributed by atoms with E-state index < -0.39 is 6.04 Å². The quantitative estimate of drug-likeness (QED) is 0.824. The first-order valence-electron chi connectivity index (χ1n) is 7.65. The molecule has 0 bridgehead atoms. The van der Waals surface area contributed by atoms with Gasteiger partial charge in [0, 0.05) is 0 Å². The predicted molar refractivity (Wildman–Crippen MR) is 87.4 cm³/mol. The van der Waals surface area contributed by atoms with Crippen molar-refractivity contribution in [2.24, 2.45) is 0 Å². The molecule has 23 heavy (non-hydrogen) atoms. The summed E-state index contributed by atoms with van der Waals surface area (Å²) in [5.74, 6) is 1.15. The van der Waals surface area contributed by atoms with Crippen LogP contribution in [0.1, 0.15) is 34.9 Å². The minimum atomic E-state index is -0.527. The Morgan fingerprint density at radius 1 is 1.35 bits per heavy atom. The number of aliphatic hydroxyl groups excluding tert-OH is 1. The van der Waals surface area contributed by atoms with Crippen molar-refractivity contribution >= 4 is 5.91 Å². The van der Waals surface area contributed by atoms with Gasteiger partial charge in [-0.05, 0) is 55.7 Å². The van der Waals surface area contributed by atoms with Gasteiger partial charge in [-0.25, -0.2) is 0 Å². The molecule has 1 amide bonds. The van der Waals surface area contributed by atoms with E-state index in [1.54, 1.807) is 12.1 Å². The first-order chi connectivity index (χ1) is 11.0. The van der Waals surface area contributed by atoms with Crippen LogP contribution >= 0.6 is 0 Å². The second kappa shape index (κ2) is 7.83. The van der Waals surface area contributed by atoms with Crippen LogP contribution in [0.15, 0.2) is 34.9 Å². The molecule has 124 valence electrons. The van der Waals surface area contributed by atoms with Crippen LogP contribution in [0.2, 0.25) is 0 Å². The summed E-state index contributed by atoms with van der Waals surface area (Å²) in [5, 5.41) is 12.1. The number of ether oxygens (including phenoxy) is 1. The molecule has 0 radical (unpaired) electrons. The summed E-state index contributed by atoms with van der Waals surface area (Å²) >= 11 is 0. The molecule has 0 spiro atoms. The van der Waals surface area contributed by atoms with Gasteiger partial charge < -0.3 is 19.6 Å². The van der Waals surface area contributed by atoms with E-state index in [0.29, 0.717) is 5.76 Å². The van der Waals surface area contributed by atoms with Crippen molar-refractivity contribution in [1.29, 1.82) is 0 Å². The van der Waals surface area contributed by atoms with Crippen molar-refractivity contribution in [2.75, 3.05) is 13.2 Å². The van der Waals surface area contributed by atoms with Crippen molar-refractivity contribution < 1.29 is 19.1 Å². The van der Waals surface area contributed by atoms with Gasteiger partial charge in [0.25, 0.3) is 0 Å². The van der Waals surface area contributed by atoms with Crippen LogP contribution in [0.25, 0.3) is 0 Å². The van der Waals surface area contributed by atoms with E-state index in [0.717, 1.165) is 16.9 Å². The number of furan rings is 1. The first-order valence-corrected chi connectivity index (χ1v) is 7.65. The van der Waals surface area contributed by atoms with E-state index in [9.17, 15) is 9.90 Å². The fraction of sp³-hybridized carbons (Fsp3) is 0.389. The Kier molecular flexibility index (Phi) is 5.82. The molecular formula is C18H23NO4. The van der Waals surface area contributed by atoms with Crippen molar-refractivity contribution in [3.05, 3.63) is 53.0 Å². The smallest absolute Gasteiger partial charge is 0.224 e. The number of hydrogen-bond donors (Lipinski definition) is 2. The highest BCUT2D eigenvalue weighted by Gasteiger charge is 2.16. The molecule has 0 saturated carbocycles. The largest absolute Gasteiger partial charge is 0.493 e. The van der Waals surface area contributed by atoms with Crippen LogP contribution in [0, 0.1) is 20.8 Å². The maximum absolute atomic E-state index is 12.0. The number of amides is 1. The predicted octanol–water partition coefficient (Wildman–Crippen LogP) is 2.82. The Hall–Kier alpha value is -2.27. The standard InChI is InChI=1S/C18H23NO4/c1-12-9-13(2)14(3)17(10-12)23-8-6-18(21)19-15(11-20)16-5-4-7-22-16/h4-5,7,9-10,15,20H,6,8,11H2,1-3H3,(H,19,21). The lowest BCUT2D eigenvalue weighted by molar-refractivity contribution is -0.122. The number of nitrogens with one attached hydrogen (secondary N) is 1.